The summed E-state index contributed by atoms with van der Waals surface area (Å²) in [5.74, 6) is -0.194. The Bertz CT molecular complexity index is 1030. The molecule has 3 rings (SSSR count). The van der Waals surface area contributed by atoms with Gasteiger partial charge in [0, 0.05) is 22.7 Å². The van der Waals surface area contributed by atoms with Crippen LogP contribution >= 0.6 is 23.4 Å². The molecule has 1 aromatic heterocycles. The van der Waals surface area contributed by atoms with Crippen molar-refractivity contribution in [2.24, 2.45) is 0 Å². The SMILES string of the molecule is CCCSc1cc(F)c2[nH]cc(C(=O)NCc3ccc(Cl)cc3)c(=O)c2c1. The predicted molar refractivity (Wildman–Crippen MR) is 108 cm³/mol. The minimum Gasteiger partial charge on any atom is -0.358 e. The Balaban J connectivity index is 1.87. The molecule has 0 saturated heterocycles. The second kappa shape index (κ2) is 8.59. The topological polar surface area (TPSA) is 62.0 Å². The van der Waals surface area contributed by atoms with E-state index in [1.165, 1.54) is 24.0 Å². The van der Waals surface area contributed by atoms with Crippen LogP contribution in [0.4, 0.5) is 4.39 Å². The van der Waals surface area contributed by atoms with Gasteiger partial charge in [0.25, 0.3) is 5.91 Å². The molecule has 0 saturated carbocycles. The fraction of sp³-hybridized carbons (Fsp3) is 0.200. The van der Waals surface area contributed by atoms with Gasteiger partial charge in [-0.05, 0) is 42.0 Å². The standard InChI is InChI=1S/C20H18ClFN2O2S/c1-2-7-27-14-8-15-18(17(22)9-14)23-11-16(19(15)25)20(26)24-10-12-3-5-13(21)6-4-12/h3-6,8-9,11H,2,7,10H2,1H3,(H,23,25)(H,24,26). The van der Waals surface area contributed by atoms with E-state index < -0.39 is 17.2 Å². The van der Waals surface area contributed by atoms with Gasteiger partial charge in [0.15, 0.2) is 0 Å². The van der Waals surface area contributed by atoms with Crippen molar-refractivity contribution in [3.05, 3.63) is 74.8 Å². The molecule has 0 aliphatic rings. The lowest BCUT2D eigenvalue weighted by molar-refractivity contribution is 0.0949. The fourth-order valence-corrected chi connectivity index (χ4v) is 3.57. The van der Waals surface area contributed by atoms with Crippen molar-refractivity contribution in [1.29, 1.82) is 0 Å². The quantitative estimate of drug-likeness (QED) is 0.582. The van der Waals surface area contributed by atoms with E-state index >= 15 is 0 Å². The van der Waals surface area contributed by atoms with Gasteiger partial charge in [-0.1, -0.05) is 30.7 Å². The van der Waals surface area contributed by atoms with Crippen molar-refractivity contribution in [3.8, 4) is 0 Å². The number of nitrogens with one attached hydrogen (secondary N) is 2. The first-order valence-corrected chi connectivity index (χ1v) is 9.86. The highest BCUT2D eigenvalue weighted by Crippen LogP contribution is 2.24. The monoisotopic (exact) mass is 404 g/mol. The molecule has 0 fully saturated rings. The van der Waals surface area contributed by atoms with Crippen molar-refractivity contribution in [2.45, 2.75) is 24.8 Å². The van der Waals surface area contributed by atoms with E-state index in [0.717, 1.165) is 17.7 Å². The molecule has 0 radical (unpaired) electrons. The van der Waals surface area contributed by atoms with E-state index in [9.17, 15) is 14.0 Å². The number of carbonyl (C=O) groups is 1. The Morgan fingerprint density at radius 2 is 2.00 bits per heavy atom. The summed E-state index contributed by atoms with van der Waals surface area (Å²) in [5.41, 5.74) is 0.424. The van der Waals surface area contributed by atoms with Gasteiger partial charge in [-0.25, -0.2) is 4.39 Å². The number of pyridine rings is 1. The lowest BCUT2D eigenvalue weighted by Gasteiger charge is -2.08. The summed E-state index contributed by atoms with van der Waals surface area (Å²) in [7, 11) is 0. The van der Waals surface area contributed by atoms with Crippen LogP contribution in [0.5, 0.6) is 0 Å². The van der Waals surface area contributed by atoms with Crippen LogP contribution in [-0.4, -0.2) is 16.6 Å². The number of benzene rings is 2. The maximum absolute atomic E-state index is 14.3. The summed E-state index contributed by atoms with van der Waals surface area (Å²) in [6, 6.07) is 10.1. The molecule has 1 heterocycles. The molecule has 0 spiro atoms. The van der Waals surface area contributed by atoms with Gasteiger partial charge in [0.1, 0.15) is 11.4 Å². The van der Waals surface area contributed by atoms with Crippen LogP contribution in [0, 0.1) is 5.82 Å². The Morgan fingerprint density at radius 3 is 2.70 bits per heavy atom. The first-order chi connectivity index (χ1) is 13.0. The number of aromatic nitrogens is 1. The van der Waals surface area contributed by atoms with E-state index in [1.807, 2.05) is 6.92 Å². The maximum Gasteiger partial charge on any atom is 0.257 e. The predicted octanol–water partition coefficient (Wildman–Crippen LogP) is 4.75. The first-order valence-electron chi connectivity index (χ1n) is 8.50. The average molecular weight is 405 g/mol. The third-order valence-corrected chi connectivity index (χ3v) is 5.43. The van der Waals surface area contributed by atoms with Gasteiger partial charge in [0.05, 0.1) is 10.9 Å². The molecule has 4 nitrogen and oxygen atoms in total. The fourth-order valence-electron chi connectivity index (χ4n) is 2.61. The minimum absolute atomic E-state index is 0.0477. The summed E-state index contributed by atoms with van der Waals surface area (Å²) >= 11 is 7.32. The van der Waals surface area contributed by atoms with Crippen LogP contribution in [0.25, 0.3) is 10.9 Å². The van der Waals surface area contributed by atoms with Crippen LogP contribution in [-0.2, 0) is 6.54 Å². The molecule has 0 bridgehead atoms. The number of carbonyl (C=O) groups excluding carboxylic acids is 1. The second-order valence-electron chi connectivity index (χ2n) is 6.02. The van der Waals surface area contributed by atoms with E-state index in [2.05, 4.69) is 10.3 Å². The molecule has 140 valence electrons. The van der Waals surface area contributed by atoms with Crippen LogP contribution in [0.1, 0.15) is 29.3 Å². The molecular weight excluding hydrogens is 387 g/mol. The summed E-state index contributed by atoms with van der Waals surface area (Å²) in [6.45, 7) is 2.29. The van der Waals surface area contributed by atoms with Crippen LogP contribution in [0.15, 0.2) is 52.3 Å². The van der Waals surface area contributed by atoms with Gasteiger partial charge >= 0.3 is 0 Å². The van der Waals surface area contributed by atoms with Gasteiger partial charge in [0.2, 0.25) is 5.43 Å². The van der Waals surface area contributed by atoms with E-state index in [1.54, 1.807) is 30.3 Å². The third kappa shape index (κ3) is 4.51. The molecule has 0 unspecified atom stereocenters. The molecule has 0 atom stereocenters. The van der Waals surface area contributed by atoms with Crippen molar-refractivity contribution in [2.75, 3.05) is 5.75 Å². The zero-order chi connectivity index (χ0) is 19.4. The number of hydrogen-bond donors (Lipinski definition) is 2. The number of fused-ring (bicyclic) bond motifs is 1. The highest BCUT2D eigenvalue weighted by Gasteiger charge is 2.15. The minimum atomic E-state index is -0.514. The Morgan fingerprint density at radius 1 is 1.26 bits per heavy atom. The van der Waals surface area contributed by atoms with Crippen LogP contribution in [0.3, 0.4) is 0 Å². The number of aromatic amines is 1. The van der Waals surface area contributed by atoms with Crippen molar-refractivity contribution < 1.29 is 9.18 Å². The number of halogens is 2. The largest absolute Gasteiger partial charge is 0.358 e. The highest BCUT2D eigenvalue weighted by atomic mass is 35.5. The summed E-state index contributed by atoms with van der Waals surface area (Å²) in [4.78, 5) is 28.6. The van der Waals surface area contributed by atoms with Gasteiger partial charge in [-0.2, -0.15) is 0 Å². The van der Waals surface area contributed by atoms with Crippen molar-refractivity contribution >= 4 is 40.2 Å². The number of rotatable bonds is 6. The Hall–Kier alpha value is -2.31. The zero-order valence-electron chi connectivity index (χ0n) is 14.6. The molecule has 3 aromatic rings. The number of amides is 1. The number of hydrogen-bond acceptors (Lipinski definition) is 3. The molecular formula is C20H18ClFN2O2S. The lowest BCUT2D eigenvalue weighted by Crippen LogP contribution is -2.28. The molecule has 1 amide bonds. The third-order valence-electron chi connectivity index (χ3n) is 4.00. The first kappa shape index (κ1) is 19.5. The Labute approximate surface area is 165 Å². The summed E-state index contributed by atoms with van der Waals surface area (Å²) in [5, 5.41) is 3.48. The highest BCUT2D eigenvalue weighted by molar-refractivity contribution is 7.99. The zero-order valence-corrected chi connectivity index (χ0v) is 16.2. The molecule has 27 heavy (non-hydrogen) atoms. The second-order valence-corrected chi connectivity index (χ2v) is 7.62. The van der Waals surface area contributed by atoms with Crippen LogP contribution < -0.4 is 10.7 Å². The van der Waals surface area contributed by atoms with Gasteiger partial charge in [-0.3, -0.25) is 9.59 Å². The smallest absolute Gasteiger partial charge is 0.257 e. The molecule has 2 aromatic carbocycles. The molecule has 0 aliphatic heterocycles. The molecule has 2 N–H and O–H groups in total. The van der Waals surface area contributed by atoms with Crippen LogP contribution in [0.2, 0.25) is 5.02 Å². The van der Waals surface area contributed by atoms with E-state index in [-0.39, 0.29) is 23.0 Å². The summed E-state index contributed by atoms with van der Waals surface area (Å²) in [6.07, 6.45) is 2.19. The molecule has 7 heteroatoms. The maximum atomic E-state index is 14.3. The Kier molecular flexibility index (Phi) is 6.19. The normalized spacial score (nSPS) is 10.9. The van der Waals surface area contributed by atoms with Crippen molar-refractivity contribution in [3.63, 3.8) is 0 Å². The van der Waals surface area contributed by atoms with Crippen molar-refractivity contribution in [1.82, 2.24) is 10.3 Å². The number of thioether (sulfide) groups is 1. The number of H-pyrrole nitrogens is 1. The molecule has 0 aliphatic carbocycles. The summed E-state index contributed by atoms with van der Waals surface area (Å²) < 4.78 is 14.3. The average Bonchev–Trinajstić information content (AvgIpc) is 2.66. The van der Waals surface area contributed by atoms with E-state index in [0.29, 0.717) is 9.92 Å². The lowest BCUT2D eigenvalue weighted by atomic mass is 10.1. The van der Waals surface area contributed by atoms with E-state index in [4.69, 9.17) is 11.6 Å². The van der Waals surface area contributed by atoms with Gasteiger partial charge < -0.3 is 10.3 Å². The van der Waals surface area contributed by atoms with Gasteiger partial charge in [-0.15, -0.1) is 11.8 Å².